The minimum atomic E-state index is -0.852. The van der Waals surface area contributed by atoms with Crippen molar-refractivity contribution in [3.05, 3.63) is 29.3 Å². The van der Waals surface area contributed by atoms with Crippen LogP contribution in [0.2, 0.25) is 0 Å². The van der Waals surface area contributed by atoms with Crippen LogP contribution in [0.3, 0.4) is 0 Å². The second-order valence-corrected chi connectivity index (χ2v) is 5.56. The third kappa shape index (κ3) is 5.95. The molecule has 0 aliphatic rings. The lowest BCUT2D eigenvalue weighted by Gasteiger charge is -2.25. The van der Waals surface area contributed by atoms with Gasteiger partial charge in [-0.05, 0) is 51.0 Å². The number of carboxylic acids is 1. The smallest absolute Gasteiger partial charge is 0.304 e. The molecule has 0 spiro atoms. The van der Waals surface area contributed by atoms with Crippen LogP contribution >= 0.6 is 0 Å². The predicted molar refractivity (Wildman–Crippen MR) is 83.5 cm³/mol. The molecule has 0 unspecified atom stereocenters. The maximum Gasteiger partial charge on any atom is 0.304 e. The van der Waals surface area contributed by atoms with E-state index in [1.54, 1.807) is 0 Å². The Morgan fingerprint density at radius 3 is 2.43 bits per heavy atom. The number of nitrogens with zero attached hydrogens (tertiary/aromatic N) is 1. The Labute approximate surface area is 126 Å². The molecule has 0 fully saturated rings. The van der Waals surface area contributed by atoms with E-state index in [-0.39, 0.29) is 24.9 Å². The maximum atomic E-state index is 12.1. The zero-order chi connectivity index (χ0) is 16.0. The van der Waals surface area contributed by atoms with Crippen molar-refractivity contribution in [3.63, 3.8) is 0 Å². The average molecular weight is 292 g/mol. The molecule has 0 radical (unpaired) electrons. The van der Waals surface area contributed by atoms with E-state index in [2.05, 4.69) is 5.32 Å². The largest absolute Gasteiger partial charge is 0.481 e. The first-order valence-corrected chi connectivity index (χ1v) is 7.12. The van der Waals surface area contributed by atoms with E-state index in [1.165, 1.54) is 5.56 Å². The van der Waals surface area contributed by atoms with Crippen LogP contribution in [-0.2, 0) is 9.59 Å². The van der Waals surface area contributed by atoms with Crippen molar-refractivity contribution in [2.75, 3.05) is 18.4 Å². The molecule has 0 aliphatic heterocycles. The van der Waals surface area contributed by atoms with Gasteiger partial charge in [0.1, 0.15) is 0 Å². The summed E-state index contributed by atoms with van der Waals surface area (Å²) in [5.41, 5.74) is 3.07. The van der Waals surface area contributed by atoms with Crippen LogP contribution in [0.5, 0.6) is 0 Å². The van der Waals surface area contributed by atoms with Gasteiger partial charge in [0.15, 0.2) is 0 Å². The first-order valence-electron chi connectivity index (χ1n) is 7.12. The monoisotopic (exact) mass is 292 g/mol. The topological polar surface area (TPSA) is 69.6 Å². The van der Waals surface area contributed by atoms with Crippen molar-refractivity contribution in [1.82, 2.24) is 4.90 Å². The molecule has 0 saturated heterocycles. The van der Waals surface area contributed by atoms with Crippen LogP contribution in [-0.4, -0.2) is 41.0 Å². The SMILES string of the molecule is Cc1ccc(NC(=O)CN(CCC(=O)O)C(C)C)cc1C. The van der Waals surface area contributed by atoms with Gasteiger partial charge in [-0.15, -0.1) is 0 Å². The van der Waals surface area contributed by atoms with Crippen LogP contribution in [0, 0.1) is 13.8 Å². The van der Waals surface area contributed by atoms with Crippen molar-refractivity contribution < 1.29 is 14.7 Å². The Bertz CT molecular complexity index is 512. The molecule has 0 aliphatic carbocycles. The predicted octanol–water partition coefficient (Wildman–Crippen LogP) is 2.43. The van der Waals surface area contributed by atoms with E-state index < -0.39 is 5.97 Å². The highest BCUT2D eigenvalue weighted by molar-refractivity contribution is 5.92. The van der Waals surface area contributed by atoms with Crippen LogP contribution in [0.25, 0.3) is 0 Å². The van der Waals surface area contributed by atoms with Crippen molar-refractivity contribution in [3.8, 4) is 0 Å². The molecular formula is C16H24N2O3. The van der Waals surface area contributed by atoms with Crippen LogP contribution in [0.1, 0.15) is 31.4 Å². The van der Waals surface area contributed by atoms with Gasteiger partial charge in [-0.1, -0.05) is 6.07 Å². The zero-order valence-corrected chi connectivity index (χ0v) is 13.1. The number of carboxylic acid groups (broad SMARTS) is 1. The summed E-state index contributed by atoms with van der Waals surface area (Å²) < 4.78 is 0. The van der Waals surface area contributed by atoms with Gasteiger partial charge in [0.05, 0.1) is 13.0 Å². The fourth-order valence-corrected chi connectivity index (χ4v) is 1.96. The van der Waals surface area contributed by atoms with Crippen LogP contribution < -0.4 is 5.32 Å². The van der Waals surface area contributed by atoms with E-state index >= 15 is 0 Å². The highest BCUT2D eigenvalue weighted by Gasteiger charge is 2.15. The summed E-state index contributed by atoms with van der Waals surface area (Å²) in [7, 11) is 0. The number of carbonyl (C=O) groups excluding carboxylic acids is 1. The number of carbonyl (C=O) groups is 2. The van der Waals surface area contributed by atoms with Gasteiger partial charge in [0, 0.05) is 18.3 Å². The Hall–Kier alpha value is -1.88. The number of hydrogen-bond donors (Lipinski definition) is 2. The first-order chi connectivity index (χ1) is 9.79. The minimum absolute atomic E-state index is 0.0368. The third-order valence-electron chi connectivity index (χ3n) is 3.48. The molecule has 1 rings (SSSR count). The number of aryl methyl sites for hydroxylation is 2. The summed E-state index contributed by atoms with van der Waals surface area (Å²) in [5, 5.41) is 11.6. The number of aliphatic carboxylic acids is 1. The molecule has 116 valence electrons. The van der Waals surface area contributed by atoms with Crippen LogP contribution in [0.15, 0.2) is 18.2 Å². The Kier molecular flexibility index (Phi) is 6.37. The lowest BCUT2D eigenvalue weighted by Crippen LogP contribution is -2.39. The summed E-state index contributed by atoms with van der Waals surface area (Å²) in [6, 6.07) is 5.90. The molecular weight excluding hydrogens is 268 g/mol. The standard InChI is InChI=1S/C16H24N2O3/c1-11(2)18(8-7-16(20)21)10-15(19)17-14-6-5-12(3)13(4)9-14/h5-6,9,11H,7-8,10H2,1-4H3,(H,17,19)(H,20,21). The van der Waals surface area contributed by atoms with E-state index in [1.807, 2.05) is 50.8 Å². The minimum Gasteiger partial charge on any atom is -0.481 e. The molecule has 0 bridgehead atoms. The average Bonchev–Trinajstić information content (AvgIpc) is 2.38. The molecule has 0 aromatic heterocycles. The highest BCUT2D eigenvalue weighted by Crippen LogP contribution is 2.14. The molecule has 0 atom stereocenters. The zero-order valence-electron chi connectivity index (χ0n) is 13.1. The number of anilines is 1. The Morgan fingerprint density at radius 2 is 1.90 bits per heavy atom. The molecule has 1 amide bonds. The number of amides is 1. The van der Waals surface area contributed by atoms with E-state index in [4.69, 9.17) is 5.11 Å². The summed E-state index contributed by atoms with van der Waals surface area (Å²) in [5.74, 6) is -0.979. The number of rotatable bonds is 7. The van der Waals surface area contributed by atoms with Crippen molar-refractivity contribution in [1.29, 1.82) is 0 Å². The van der Waals surface area contributed by atoms with Gasteiger partial charge in [-0.3, -0.25) is 14.5 Å². The van der Waals surface area contributed by atoms with Crippen molar-refractivity contribution in [2.24, 2.45) is 0 Å². The van der Waals surface area contributed by atoms with Gasteiger partial charge >= 0.3 is 5.97 Å². The summed E-state index contributed by atoms with van der Waals surface area (Å²) >= 11 is 0. The lowest BCUT2D eigenvalue weighted by atomic mass is 10.1. The normalized spacial score (nSPS) is 11.0. The molecule has 5 heteroatoms. The molecule has 2 N–H and O–H groups in total. The molecule has 21 heavy (non-hydrogen) atoms. The van der Waals surface area contributed by atoms with Crippen molar-refractivity contribution in [2.45, 2.75) is 40.2 Å². The van der Waals surface area contributed by atoms with Gasteiger partial charge in [-0.25, -0.2) is 0 Å². The molecule has 1 aromatic rings. The molecule has 0 saturated carbocycles. The first kappa shape index (κ1) is 17.2. The number of benzene rings is 1. The maximum absolute atomic E-state index is 12.1. The van der Waals surface area contributed by atoms with Gasteiger partial charge in [-0.2, -0.15) is 0 Å². The van der Waals surface area contributed by atoms with Gasteiger partial charge in [0.25, 0.3) is 0 Å². The summed E-state index contributed by atoms with van der Waals surface area (Å²) in [6.45, 7) is 8.48. The number of hydrogen-bond acceptors (Lipinski definition) is 3. The molecule has 1 aromatic carbocycles. The summed E-state index contributed by atoms with van der Waals surface area (Å²) in [4.78, 5) is 24.6. The quantitative estimate of drug-likeness (QED) is 0.810. The second-order valence-electron chi connectivity index (χ2n) is 5.56. The van der Waals surface area contributed by atoms with E-state index in [0.717, 1.165) is 11.3 Å². The van der Waals surface area contributed by atoms with E-state index in [0.29, 0.717) is 6.54 Å². The highest BCUT2D eigenvalue weighted by atomic mass is 16.4. The Balaban J connectivity index is 2.60. The van der Waals surface area contributed by atoms with Crippen molar-refractivity contribution >= 4 is 17.6 Å². The van der Waals surface area contributed by atoms with Gasteiger partial charge < -0.3 is 10.4 Å². The lowest BCUT2D eigenvalue weighted by molar-refractivity contribution is -0.137. The van der Waals surface area contributed by atoms with E-state index in [9.17, 15) is 9.59 Å². The van der Waals surface area contributed by atoms with Gasteiger partial charge in [0.2, 0.25) is 5.91 Å². The van der Waals surface area contributed by atoms with Crippen LogP contribution in [0.4, 0.5) is 5.69 Å². The fraction of sp³-hybridized carbons (Fsp3) is 0.500. The molecule has 5 nitrogen and oxygen atoms in total. The summed E-state index contributed by atoms with van der Waals surface area (Å²) in [6.07, 6.45) is 0.0368. The number of nitrogens with one attached hydrogen (secondary N) is 1. The Morgan fingerprint density at radius 1 is 1.24 bits per heavy atom. The second kappa shape index (κ2) is 7.78. The fourth-order valence-electron chi connectivity index (χ4n) is 1.96. The third-order valence-corrected chi connectivity index (χ3v) is 3.48. The molecule has 0 heterocycles.